The van der Waals surface area contributed by atoms with Gasteiger partial charge in [-0.25, -0.2) is 4.79 Å². The Morgan fingerprint density at radius 1 is 1.64 bits per heavy atom. The van der Waals surface area contributed by atoms with E-state index >= 15 is 0 Å². The first kappa shape index (κ1) is 8.95. The van der Waals surface area contributed by atoms with Crippen molar-refractivity contribution in [1.82, 2.24) is 10.1 Å². The molecule has 2 aromatic heterocycles. The fraction of sp³-hybridized carbons (Fsp3) is 0. The molecule has 0 saturated heterocycles. The summed E-state index contributed by atoms with van der Waals surface area (Å²) >= 11 is 2.98. The topological polar surface area (TPSA) is 96.2 Å². The van der Waals surface area contributed by atoms with Crippen LogP contribution in [0.2, 0.25) is 0 Å². The molecule has 2 heterocycles. The Balaban J connectivity index is 2.98. The molecule has 0 spiro atoms. The number of carboxylic acids is 1. The van der Waals surface area contributed by atoms with Crippen LogP contribution in [0.3, 0.4) is 0 Å². The van der Waals surface area contributed by atoms with Crippen molar-refractivity contribution in [3.8, 4) is 0 Å². The predicted octanol–water partition coefficient (Wildman–Crippen LogP) is 0.977. The minimum atomic E-state index is -1.19. The minimum Gasteiger partial charge on any atom is -0.477 e. The molecule has 7 heteroatoms. The quantitative estimate of drug-likeness (QED) is 0.795. The van der Waals surface area contributed by atoms with E-state index < -0.39 is 11.5 Å². The molecule has 2 N–H and O–H groups in total. The van der Waals surface area contributed by atoms with Gasteiger partial charge in [0.1, 0.15) is 10.9 Å². The monoisotopic (exact) mass is 258 g/mol. The second kappa shape index (κ2) is 2.95. The van der Waals surface area contributed by atoms with Crippen molar-refractivity contribution in [2.75, 3.05) is 0 Å². The number of aromatic amines is 1. The van der Waals surface area contributed by atoms with E-state index in [1.807, 2.05) is 0 Å². The molecule has 0 aliphatic rings. The fourth-order valence-corrected chi connectivity index (χ4v) is 1.52. The zero-order valence-electron chi connectivity index (χ0n) is 6.57. The zero-order chi connectivity index (χ0) is 10.3. The normalized spacial score (nSPS) is 10.6. The van der Waals surface area contributed by atoms with Crippen LogP contribution in [-0.2, 0) is 0 Å². The lowest BCUT2D eigenvalue weighted by Crippen LogP contribution is -2.08. The summed E-state index contributed by atoms with van der Waals surface area (Å²) in [5, 5.41) is 12.3. The smallest absolute Gasteiger partial charge is 0.341 e. The summed E-state index contributed by atoms with van der Waals surface area (Å²) < 4.78 is 4.92. The van der Waals surface area contributed by atoms with Crippen LogP contribution in [0.5, 0.6) is 0 Å². The second-order valence-corrected chi connectivity index (χ2v) is 3.27. The number of hydrogen-bond donors (Lipinski definition) is 2. The first-order valence-electron chi connectivity index (χ1n) is 3.51. The lowest BCUT2D eigenvalue weighted by Gasteiger charge is -1.92. The molecule has 6 nitrogen and oxygen atoms in total. The molecule has 0 atom stereocenters. The summed E-state index contributed by atoms with van der Waals surface area (Å²) in [4.78, 5) is 24.3. The Labute approximate surface area is 84.6 Å². The molecule has 0 radical (unpaired) electrons. The van der Waals surface area contributed by atoms with Crippen molar-refractivity contribution in [3.63, 3.8) is 0 Å². The van der Waals surface area contributed by atoms with Crippen molar-refractivity contribution in [3.05, 3.63) is 26.7 Å². The van der Waals surface area contributed by atoms with Crippen LogP contribution in [0.15, 0.2) is 20.1 Å². The molecular weight excluding hydrogens is 256 g/mol. The molecule has 0 aromatic carbocycles. The first-order valence-corrected chi connectivity index (χ1v) is 4.30. The first-order chi connectivity index (χ1) is 6.61. The molecule has 0 fully saturated rings. The van der Waals surface area contributed by atoms with E-state index in [4.69, 9.17) is 9.63 Å². The highest BCUT2D eigenvalue weighted by molar-refractivity contribution is 9.10. The van der Waals surface area contributed by atoms with Gasteiger partial charge in [-0.05, 0) is 15.9 Å². The number of nitrogens with zero attached hydrogens (tertiary/aromatic N) is 1. The summed E-state index contributed by atoms with van der Waals surface area (Å²) in [7, 11) is 0. The predicted molar refractivity (Wildman–Crippen MR) is 49.3 cm³/mol. The van der Waals surface area contributed by atoms with Gasteiger partial charge in [-0.3, -0.25) is 4.79 Å². The molecule has 0 aliphatic heterocycles. The van der Waals surface area contributed by atoms with Crippen molar-refractivity contribution in [1.29, 1.82) is 0 Å². The van der Waals surface area contributed by atoms with Crippen molar-refractivity contribution in [2.45, 2.75) is 0 Å². The van der Waals surface area contributed by atoms with Gasteiger partial charge in [0.05, 0.1) is 0 Å². The maximum atomic E-state index is 11.3. The van der Waals surface area contributed by atoms with E-state index in [0.29, 0.717) is 0 Å². The Kier molecular flexibility index (Phi) is 1.88. The number of carbonyl (C=O) groups is 1. The number of nitrogens with one attached hydrogen (secondary N) is 1. The molecule has 14 heavy (non-hydrogen) atoms. The number of carboxylic acid groups (broad SMARTS) is 1. The number of H-pyrrole nitrogens is 1. The summed E-state index contributed by atoms with van der Waals surface area (Å²) in [6.45, 7) is 0. The van der Waals surface area contributed by atoms with Crippen molar-refractivity contribution >= 4 is 32.9 Å². The number of halogens is 1. The van der Waals surface area contributed by atoms with Crippen LogP contribution >= 0.6 is 15.9 Å². The van der Waals surface area contributed by atoms with Gasteiger partial charge >= 0.3 is 5.97 Å². The van der Waals surface area contributed by atoms with Gasteiger partial charge in [-0.2, -0.15) is 0 Å². The molecular formula is C7H3BrN2O4. The third-order valence-corrected chi connectivity index (χ3v) is 2.24. The minimum absolute atomic E-state index is 0.0341. The van der Waals surface area contributed by atoms with E-state index in [0.717, 1.165) is 6.20 Å². The number of aromatic nitrogens is 2. The van der Waals surface area contributed by atoms with Crippen LogP contribution in [0.25, 0.3) is 11.0 Å². The molecule has 0 saturated carbocycles. The number of rotatable bonds is 1. The lowest BCUT2D eigenvalue weighted by molar-refractivity contribution is 0.0697. The van der Waals surface area contributed by atoms with Gasteiger partial charge in [0, 0.05) is 6.20 Å². The SMILES string of the molecule is O=C(O)c1c[nH]c(=O)c2c(Br)noc12. The summed E-state index contributed by atoms with van der Waals surface area (Å²) in [5.41, 5.74) is -0.607. The average molecular weight is 259 g/mol. The molecule has 0 aliphatic carbocycles. The van der Waals surface area contributed by atoms with Gasteiger partial charge in [0.25, 0.3) is 5.56 Å². The van der Waals surface area contributed by atoms with Crippen LogP contribution in [0.4, 0.5) is 0 Å². The standard InChI is InChI=1S/C7H3BrN2O4/c8-5-3-4(14-10-5)2(7(12)13)1-9-6(3)11/h1H,(H,9,11)(H,12,13). The van der Waals surface area contributed by atoms with Crippen LogP contribution in [0.1, 0.15) is 10.4 Å². The fourth-order valence-electron chi connectivity index (χ4n) is 1.09. The molecule has 2 aromatic rings. The molecule has 0 unspecified atom stereocenters. The second-order valence-electron chi connectivity index (χ2n) is 2.51. The van der Waals surface area contributed by atoms with E-state index in [1.165, 1.54) is 0 Å². The number of pyridine rings is 1. The molecule has 72 valence electrons. The van der Waals surface area contributed by atoms with Crippen LogP contribution in [0, 0.1) is 0 Å². The molecule has 0 bridgehead atoms. The van der Waals surface area contributed by atoms with E-state index in [2.05, 4.69) is 26.1 Å². The summed E-state index contributed by atoms with van der Waals surface area (Å²) in [6, 6.07) is 0. The highest BCUT2D eigenvalue weighted by atomic mass is 79.9. The van der Waals surface area contributed by atoms with E-state index in [-0.39, 0.29) is 21.1 Å². The van der Waals surface area contributed by atoms with Gasteiger partial charge in [0.2, 0.25) is 0 Å². The van der Waals surface area contributed by atoms with Crippen molar-refractivity contribution in [2.24, 2.45) is 0 Å². The number of fused-ring (bicyclic) bond motifs is 1. The third-order valence-electron chi connectivity index (χ3n) is 1.70. The highest BCUT2D eigenvalue weighted by Crippen LogP contribution is 2.21. The molecule has 2 rings (SSSR count). The Hall–Kier alpha value is -1.63. The Morgan fingerprint density at radius 3 is 3.00 bits per heavy atom. The molecule has 0 amide bonds. The average Bonchev–Trinajstić information content (AvgIpc) is 2.49. The highest BCUT2D eigenvalue weighted by Gasteiger charge is 2.17. The Morgan fingerprint density at radius 2 is 2.36 bits per heavy atom. The third kappa shape index (κ3) is 1.13. The van der Waals surface area contributed by atoms with E-state index in [1.54, 1.807) is 0 Å². The maximum Gasteiger partial charge on any atom is 0.341 e. The van der Waals surface area contributed by atoms with Gasteiger partial charge in [-0.1, -0.05) is 5.16 Å². The Bertz CT molecular complexity index is 571. The van der Waals surface area contributed by atoms with Crippen LogP contribution in [-0.4, -0.2) is 21.2 Å². The largest absolute Gasteiger partial charge is 0.477 e. The van der Waals surface area contributed by atoms with Crippen molar-refractivity contribution < 1.29 is 14.4 Å². The maximum absolute atomic E-state index is 11.3. The zero-order valence-corrected chi connectivity index (χ0v) is 8.16. The van der Waals surface area contributed by atoms with E-state index in [9.17, 15) is 9.59 Å². The lowest BCUT2D eigenvalue weighted by atomic mass is 10.2. The van der Waals surface area contributed by atoms with Crippen LogP contribution < -0.4 is 5.56 Å². The van der Waals surface area contributed by atoms with Gasteiger partial charge in [0.15, 0.2) is 10.2 Å². The van der Waals surface area contributed by atoms with Gasteiger partial charge < -0.3 is 14.6 Å². The summed E-state index contributed by atoms with van der Waals surface area (Å²) in [6.07, 6.45) is 1.07. The number of hydrogen-bond acceptors (Lipinski definition) is 4. The number of aromatic carboxylic acids is 1. The summed E-state index contributed by atoms with van der Waals surface area (Å²) in [5.74, 6) is -1.19. The van der Waals surface area contributed by atoms with Gasteiger partial charge in [-0.15, -0.1) is 0 Å².